The predicted octanol–water partition coefficient (Wildman–Crippen LogP) is 1.68. The second-order valence-corrected chi connectivity index (χ2v) is 3.76. The molecule has 14 heavy (non-hydrogen) atoms. The molecule has 0 bridgehead atoms. The van der Waals surface area contributed by atoms with E-state index in [9.17, 15) is 4.79 Å². The van der Waals surface area contributed by atoms with E-state index in [1.54, 1.807) is 0 Å². The van der Waals surface area contributed by atoms with Crippen LogP contribution in [0.5, 0.6) is 0 Å². The lowest BCUT2D eigenvalue weighted by atomic mass is 10.1. The number of carbonyl (C=O) groups excluding carboxylic acids is 1. The molecule has 74 valence electrons. The maximum absolute atomic E-state index is 10.8. The number of amides is 1. The van der Waals surface area contributed by atoms with E-state index in [-0.39, 0.29) is 6.04 Å². The molecule has 0 spiro atoms. The molecule has 2 rings (SSSR count). The molecular formula is C11H14N2O. The van der Waals surface area contributed by atoms with Crippen LogP contribution in [-0.4, -0.2) is 22.8 Å². The molecule has 1 aliphatic rings. The Balaban J connectivity index is 2.25. The number of hydrogen-bond donors (Lipinski definition) is 0. The van der Waals surface area contributed by atoms with E-state index in [4.69, 9.17) is 0 Å². The van der Waals surface area contributed by atoms with Gasteiger partial charge in [0.25, 0.3) is 0 Å². The Bertz CT molecular complexity index is 338. The summed E-state index contributed by atoms with van der Waals surface area (Å²) < 4.78 is 0. The van der Waals surface area contributed by atoms with Gasteiger partial charge in [0.2, 0.25) is 6.41 Å². The van der Waals surface area contributed by atoms with Crippen LogP contribution in [0.25, 0.3) is 0 Å². The first-order valence-electron chi connectivity index (χ1n) is 4.95. The highest BCUT2D eigenvalue weighted by atomic mass is 16.1. The number of rotatable bonds is 2. The van der Waals surface area contributed by atoms with Gasteiger partial charge in [-0.15, -0.1) is 0 Å². The highest BCUT2D eigenvalue weighted by molar-refractivity contribution is 5.49. The summed E-state index contributed by atoms with van der Waals surface area (Å²) in [5, 5.41) is 0. The van der Waals surface area contributed by atoms with E-state index in [1.165, 1.54) is 5.56 Å². The second-order valence-electron chi connectivity index (χ2n) is 3.76. The first-order valence-corrected chi connectivity index (χ1v) is 4.95. The highest BCUT2D eigenvalue weighted by Crippen LogP contribution is 2.29. The van der Waals surface area contributed by atoms with Crippen molar-refractivity contribution >= 4 is 6.41 Å². The molecule has 1 aliphatic heterocycles. The second kappa shape index (κ2) is 3.78. The molecule has 3 nitrogen and oxygen atoms in total. The maximum atomic E-state index is 10.8. The number of hydrogen-bond acceptors (Lipinski definition) is 2. The molecule has 3 heteroatoms. The minimum atomic E-state index is 0.201. The summed E-state index contributed by atoms with van der Waals surface area (Å²) >= 11 is 0. The monoisotopic (exact) mass is 190 g/mol. The Morgan fingerprint density at radius 2 is 2.50 bits per heavy atom. The third-order valence-electron chi connectivity index (χ3n) is 2.71. The Kier molecular flexibility index (Phi) is 2.48. The number of likely N-dealkylation sites (tertiary alicyclic amines) is 1. The molecule has 1 atom stereocenters. The average Bonchev–Trinajstić information content (AvgIpc) is 2.65. The van der Waals surface area contributed by atoms with Crippen molar-refractivity contribution in [3.63, 3.8) is 0 Å². The third-order valence-corrected chi connectivity index (χ3v) is 2.71. The third kappa shape index (κ3) is 1.62. The van der Waals surface area contributed by atoms with Crippen molar-refractivity contribution < 1.29 is 4.79 Å². The fourth-order valence-corrected chi connectivity index (χ4v) is 1.97. The SMILES string of the molecule is Cc1ccnc([C@@H]2CCCN2C=O)c1. The van der Waals surface area contributed by atoms with Gasteiger partial charge in [-0.25, -0.2) is 0 Å². The van der Waals surface area contributed by atoms with E-state index in [0.717, 1.165) is 31.5 Å². The zero-order valence-electron chi connectivity index (χ0n) is 8.31. The molecule has 0 aromatic carbocycles. The Hall–Kier alpha value is -1.38. The standard InChI is InChI=1S/C11H14N2O/c1-9-4-5-12-10(7-9)11-3-2-6-13(11)8-14/h4-5,7-8,11H,2-3,6H2,1H3/t11-/m0/s1. The Morgan fingerprint density at radius 1 is 1.64 bits per heavy atom. The topological polar surface area (TPSA) is 33.2 Å². The summed E-state index contributed by atoms with van der Waals surface area (Å²) in [6.45, 7) is 2.91. The Morgan fingerprint density at radius 3 is 3.21 bits per heavy atom. The number of aromatic nitrogens is 1. The van der Waals surface area contributed by atoms with Crippen LogP contribution in [-0.2, 0) is 4.79 Å². The van der Waals surface area contributed by atoms with Crippen molar-refractivity contribution in [3.05, 3.63) is 29.6 Å². The molecule has 0 unspecified atom stereocenters. The normalized spacial score (nSPS) is 21.2. The number of nitrogens with zero attached hydrogens (tertiary/aromatic N) is 2. The van der Waals surface area contributed by atoms with E-state index in [1.807, 2.05) is 24.1 Å². The van der Waals surface area contributed by atoms with Gasteiger partial charge in [-0.2, -0.15) is 0 Å². The molecule has 1 saturated heterocycles. The molecule has 1 amide bonds. The smallest absolute Gasteiger partial charge is 0.210 e. The highest BCUT2D eigenvalue weighted by Gasteiger charge is 2.25. The van der Waals surface area contributed by atoms with E-state index in [0.29, 0.717) is 0 Å². The van der Waals surface area contributed by atoms with Crippen LogP contribution in [0.3, 0.4) is 0 Å². The van der Waals surface area contributed by atoms with Crippen molar-refractivity contribution in [2.75, 3.05) is 6.54 Å². The zero-order valence-corrected chi connectivity index (χ0v) is 8.31. The lowest BCUT2D eigenvalue weighted by Crippen LogP contribution is -2.21. The van der Waals surface area contributed by atoms with Crippen LogP contribution in [0.1, 0.15) is 30.1 Å². The van der Waals surface area contributed by atoms with Gasteiger partial charge < -0.3 is 4.90 Å². The molecular weight excluding hydrogens is 176 g/mol. The van der Waals surface area contributed by atoms with Crippen LogP contribution in [0.2, 0.25) is 0 Å². The molecule has 0 radical (unpaired) electrons. The number of carbonyl (C=O) groups is 1. The lowest BCUT2D eigenvalue weighted by Gasteiger charge is -2.19. The molecule has 0 saturated carbocycles. The van der Waals surface area contributed by atoms with Crippen molar-refractivity contribution in [2.45, 2.75) is 25.8 Å². The summed E-state index contributed by atoms with van der Waals surface area (Å²) in [6, 6.07) is 4.24. The van der Waals surface area contributed by atoms with Crippen LogP contribution in [0.15, 0.2) is 18.3 Å². The summed E-state index contributed by atoms with van der Waals surface area (Å²) in [5.74, 6) is 0. The fourth-order valence-electron chi connectivity index (χ4n) is 1.97. The molecule has 0 N–H and O–H groups in total. The lowest BCUT2D eigenvalue weighted by molar-refractivity contribution is -0.119. The van der Waals surface area contributed by atoms with Gasteiger partial charge in [-0.05, 0) is 37.5 Å². The van der Waals surface area contributed by atoms with Crippen molar-refractivity contribution in [2.24, 2.45) is 0 Å². The summed E-state index contributed by atoms with van der Waals surface area (Å²) in [4.78, 5) is 16.9. The van der Waals surface area contributed by atoms with Gasteiger partial charge in [-0.3, -0.25) is 9.78 Å². The van der Waals surface area contributed by atoms with Crippen molar-refractivity contribution in [1.29, 1.82) is 0 Å². The van der Waals surface area contributed by atoms with E-state index in [2.05, 4.69) is 11.1 Å². The van der Waals surface area contributed by atoms with E-state index >= 15 is 0 Å². The minimum Gasteiger partial charge on any atom is -0.337 e. The van der Waals surface area contributed by atoms with Crippen LogP contribution in [0.4, 0.5) is 0 Å². The molecule has 1 aromatic heterocycles. The van der Waals surface area contributed by atoms with Crippen LogP contribution < -0.4 is 0 Å². The molecule has 0 aliphatic carbocycles. The fraction of sp³-hybridized carbons (Fsp3) is 0.455. The summed E-state index contributed by atoms with van der Waals surface area (Å²) in [5.41, 5.74) is 2.22. The van der Waals surface area contributed by atoms with Crippen molar-refractivity contribution in [1.82, 2.24) is 9.88 Å². The first-order chi connectivity index (χ1) is 6.81. The number of aryl methyl sites for hydroxylation is 1. The van der Waals surface area contributed by atoms with E-state index < -0.39 is 0 Å². The maximum Gasteiger partial charge on any atom is 0.210 e. The van der Waals surface area contributed by atoms with Gasteiger partial charge in [0, 0.05) is 12.7 Å². The molecule has 1 fully saturated rings. The predicted molar refractivity (Wildman–Crippen MR) is 53.7 cm³/mol. The van der Waals surface area contributed by atoms with Gasteiger partial charge in [0.1, 0.15) is 0 Å². The number of pyridine rings is 1. The summed E-state index contributed by atoms with van der Waals surface area (Å²) in [7, 11) is 0. The zero-order chi connectivity index (χ0) is 9.97. The Labute approximate surface area is 83.8 Å². The van der Waals surface area contributed by atoms with Crippen LogP contribution >= 0.6 is 0 Å². The van der Waals surface area contributed by atoms with Gasteiger partial charge in [0.05, 0.1) is 11.7 Å². The quantitative estimate of drug-likeness (QED) is 0.665. The van der Waals surface area contributed by atoms with Gasteiger partial charge in [0.15, 0.2) is 0 Å². The minimum absolute atomic E-state index is 0.201. The van der Waals surface area contributed by atoms with Gasteiger partial charge >= 0.3 is 0 Å². The van der Waals surface area contributed by atoms with Gasteiger partial charge in [-0.1, -0.05) is 0 Å². The molecule has 1 aromatic rings. The van der Waals surface area contributed by atoms with Crippen LogP contribution in [0, 0.1) is 6.92 Å². The largest absolute Gasteiger partial charge is 0.337 e. The van der Waals surface area contributed by atoms with Crippen molar-refractivity contribution in [3.8, 4) is 0 Å². The summed E-state index contributed by atoms with van der Waals surface area (Å²) in [6.07, 6.45) is 4.86. The molecule has 2 heterocycles. The first kappa shape index (κ1) is 9.19. The average molecular weight is 190 g/mol.